The van der Waals surface area contributed by atoms with Crippen LogP contribution in [0.4, 0.5) is 11.4 Å². The SMILES string of the molecule is COc1cccc(C(=O)Nc2cccc(NC(=O)c3cccc(OC(C)=O)c3)c2)c1. The van der Waals surface area contributed by atoms with Crippen LogP contribution in [-0.4, -0.2) is 24.9 Å². The molecule has 3 aromatic rings. The molecule has 3 aromatic carbocycles. The van der Waals surface area contributed by atoms with E-state index in [2.05, 4.69) is 10.6 Å². The molecule has 7 heteroatoms. The molecule has 2 N–H and O–H groups in total. The Labute approximate surface area is 173 Å². The molecule has 0 bridgehead atoms. The lowest BCUT2D eigenvalue weighted by molar-refractivity contribution is -0.131. The van der Waals surface area contributed by atoms with Gasteiger partial charge in [-0.1, -0.05) is 18.2 Å². The number of anilines is 2. The first-order valence-electron chi connectivity index (χ1n) is 9.10. The molecule has 0 fully saturated rings. The second-order valence-corrected chi connectivity index (χ2v) is 6.34. The Morgan fingerprint density at radius 1 is 0.700 bits per heavy atom. The van der Waals surface area contributed by atoms with Crippen LogP contribution >= 0.6 is 0 Å². The number of carbonyl (C=O) groups excluding carboxylic acids is 3. The van der Waals surface area contributed by atoms with Gasteiger partial charge in [-0.05, 0) is 54.6 Å². The van der Waals surface area contributed by atoms with Crippen LogP contribution in [0.25, 0.3) is 0 Å². The summed E-state index contributed by atoms with van der Waals surface area (Å²) in [5.74, 6) is -0.270. The Balaban J connectivity index is 1.70. The van der Waals surface area contributed by atoms with Gasteiger partial charge in [-0.25, -0.2) is 0 Å². The van der Waals surface area contributed by atoms with Crippen molar-refractivity contribution in [3.05, 3.63) is 83.9 Å². The minimum absolute atomic E-state index is 0.287. The maximum absolute atomic E-state index is 12.5. The van der Waals surface area contributed by atoms with E-state index in [0.29, 0.717) is 28.3 Å². The minimum atomic E-state index is -0.466. The Kier molecular flexibility index (Phi) is 6.44. The summed E-state index contributed by atoms with van der Waals surface area (Å²) in [5, 5.41) is 5.55. The maximum atomic E-state index is 12.5. The average molecular weight is 404 g/mol. The predicted molar refractivity (Wildman–Crippen MR) is 113 cm³/mol. The smallest absolute Gasteiger partial charge is 0.308 e. The number of hydrogen-bond acceptors (Lipinski definition) is 5. The molecule has 3 rings (SSSR count). The van der Waals surface area contributed by atoms with Crippen LogP contribution in [0.5, 0.6) is 11.5 Å². The maximum Gasteiger partial charge on any atom is 0.308 e. The zero-order valence-corrected chi connectivity index (χ0v) is 16.5. The number of hydrogen-bond donors (Lipinski definition) is 2. The highest BCUT2D eigenvalue weighted by atomic mass is 16.5. The van der Waals surface area contributed by atoms with Gasteiger partial charge in [0.05, 0.1) is 7.11 Å². The first-order chi connectivity index (χ1) is 14.4. The fourth-order valence-corrected chi connectivity index (χ4v) is 2.71. The first-order valence-corrected chi connectivity index (χ1v) is 9.10. The molecule has 0 aliphatic heterocycles. The first kappa shape index (κ1) is 20.6. The van der Waals surface area contributed by atoms with Crippen molar-refractivity contribution >= 4 is 29.2 Å². The number of carbonyl (C=O) groups is 3. The molecule has 0 aromatic heterocycles. The van der Waals surface area contributed by atoms with Crippen molar-refractivity contribution < 1.29 is 23.9 Å². The van der Waals surface area contributed by atoms with Crippen molar-refractivity contribution in [2.75, 3.05) is 17.7 Å². The molecule has 0 unspecified atom stereocenters. The van der Waals surface area contributed by atoms with Gasteiger partial charge < -0.3 is 20.1 Å². The lowest BCUT2D eigenvalue weighted by Crippen LogP contribution is -2.14. The molecular formula is C23H20N2O5. The standard InChI is InChI=1S/C23H20N2O5/c1-15(26)30-21-11-4-7-17(13-21)23(28)25-19-9-5-8-18(14-19)24-22(27)16-6-3-10-20(12-16)29-2/h3-14H,1-2H3,(H,24,27)(H,25,28). The highest BCUT2D eigenvalue weighted by Crippen LogP contribution is 2.20. The van der Waals surface area contributed by atoms with E-state index in [1.165, 1.54) is 20.1 Å². The van der Waals surface area contributed by atoms with E-state index in [-0.39, 0.29) is 17.6 Å². The van der Waals surface area contributed by atoms with Gasteiger partial charge in [-0.3, -0.25) is 14.4 Å². The summed E-state index contributed by atoms with van der Waals surface area (Å²) >= 11 is 0. The van der Waals surface area contributed by atoms with Crippen molar-refractivity contribution in [2.24, 2.45) is 0 Å². The van der Waals surface area contributed by atoms with Crippen molar-refractivity contribution in [3.8, 4) is 11.5 Å². The molecule has 0 heterocycles. The molecular weight excluding hydrogens is 384 g/mol. The van der Waals surface area contributed by atoms with Crippen LogP contribution in [0, 0.1) is 0 Å². The predicted octanol–water partition coefficient (Wildman–Crippen LogP) is 4.13. The molecule has 0 aliphatic rings. The van der Waals surface area contributed by atoms with E-state index in [1.807, 2.05) is 0 Å². The molecule has 0 saturated heterocycles. The van der Waals surface area contributed by atoms with Crippen molar-refractivity contribution in [2.45, 2.75) is 6.92 Å². The fraction of sp³-hybridized carbons (Fsp3) is 0.0870. The third kappa shape index (κ3) is 5.45. The van der Waals surface area contributed by atoms with Crippen molar-refractivity contribution in [1.29, 1.82) is 0 Å². The summed E-state index contributed by atoms with van der Waals surface area (Å²) in [6.07, 6.45) is 0. The van der Waals surface area contributed by atoms with Crippen LogP contribution < -0.4 is 20.1 Å². The normalized spacial score (nSPS) is 10.1. The van der Waals surface area contributed by atoms with E-state index in [0.717, 1.165) is 0 Å². The third-order valence-corrected chi connectivity index (χ3v) is 4.07. The highest BCUT2D eigenvalue weighted by Gasteiger charge is 2.11. The van der Waals surface area contributed by atoms with Gasteiger partial charge in [-0.2, -0.15) is 0 Å². The Morgan fingerprint density at radius 3 is 1.73 bits per heavy atom. The van der Waals surface area contributed by atoms with Gasteiger partial charge in [0.2, 0.25) is 0 Å². The molecule has 0 radical (unpaired) electrons. The number of amides is 2. The summed E-state index contributed by atoms with van der Waals surface area (Å²) in [5.41, 5.74) is 1.81. The van der Waals surface area contributed by atoms with Crippen LogP contribution in [0.3, 0.4) is 0 Å². The summed E-state index contributed by atoms with van der Waals surface area (Å²) in [4.78, 5) is 36.1. The summed E-state index contributed by atoms with van der Waals surface area (Å²) in [6, 6.07) is 19.9. The van der Waals surface area contributed by atoms with E-state index in [1.54, 1.807) is 66.7 Å². The van der Waals surface area contributed by atoms with Crippen molar-refractivity contribution in [3.63, 3.8) is 0 Å². The summed E-state index contributed by atoms with van der Waals surface area (Å²) in [6.45, 7) is 1.29. The molecule has 30 heavy (non-hydrogen) atoms. The fourth-order valence-electron chi connectivity index (χ4n) is 2.71. The topological polar surface area (TPSA) is 93.7 Å². The Hall–Kier alpha value is -4.13. The molecule has 0 aliphatic carbocycles. The largest absolute Gasteiger partial charge is 0.497 e. The monoisotopic (exact) mass is 404 g/mol. The van der Waals surface area contributed by atoms with E-state index in [4.69, 9.17) is 9.47 Å². The van der Waals surface area contributed by atoms with Crippen molar-refractivity contribution in [1.82, 2.24) is 0 Å². The minimum Gasteiger partial charge on any atom is -0.497 e. The molecule has 0 saturated carbocycles. The number of nitrogens with one attached hydrogen (secondary N) is 2. The van der Waals surface area contributed by atoms with Gasteiger partial charge >= 0.3 is 5.97 Å². The highest BCUT2D eigenvalue weighted by molar-refractivity contribution is 6.06. The van der Waals surface area contributed by atoms with E-state index < -0.39 is 5.97 Å². The van der Waals surface area contributed by atoms with Gasteiger partial charge in [0.25, 0.3) is 11.8 Å². The van der Waals surface area contributed by atoms with Crippen LogP contribution in [0.15, 0.2) is 72.8 Å². The molecule has 2 amide bonds. The second kappa shape index (κ2) is 9.38. The summed E-state index contributed by atoms with van der Waals surface area (Å²) < 4.78 is 10.1. The number of benzene rings is 3. The molecule has 152 valence electrons. The Morgan fingerprint density at radius 2 is 1.20 bits per heavy atom. The van der Waals surface area contributed by atoms with Gasteiger partial charge in [0.15, 0.2) is 0 Å². The van der Waals surface area contributed by atoms with Crippen LogP contribution in [0.2, 0.25) is 0 Å². The van der Waals surface area contributed by atoms with Crippen LogP contribution in [0.1, 0.15) is 27.6 Å². The molecule has 7 nitrogen and oxygen atoms in total. The number of rotatable bonds is 6. The lowest BCUT2D eigenvalue weighted by atomic mass is 10.2. The third-order valence-electron chi connectivity index (χ3n) is 4.07. The second-order valence-electron chi connectivity index (χ2n) is 6.34. The van der Waals surface area contributed by atoms with Gasteiger partial charge in [0, 0.05) is 29.4 Å². The average Bonchev–Trinajstić information content (AvgIpc) is 2.73. The quantitative estimate of drug-likeness (QED) is 0.476. The lowest BCUT2D eigenvalue weighted by Gasteiger charge is -2.10. The van der Waals surface area contributed by atoms with E-state index in [9.17, 15) is 14.4 Å². The molecule has 0 atom stereocenters. The van der Waals surface area contributed by atoms with E-state index >= 15 is 0 Å². The number of ether oxygens (including phenoxy) is 2. The summed E-state index contributed by atoms with van der Waals surface area (Å²) in [7, 11) is 1.53. The molecule has 0 spiro atoms. The zero-order valence-electron chi connectivity index (χ0n) is 16.5. The Bertz CT molecular complexity index is 1090. The zero-order chi connectivity index (χ0) is 21.5. The van der Waals surface area contributed by atoms with Gasteiger partial charge in [-0.15, -0.1) is 0 Å². The number of esters is 1. The van der Waals surface area contributed by atoms with Gasteiger partial charge in [0.1, 0.15) is 11.5 Å². The number of methoxy groups -OCH3 is 1. The van der Waals surface area contributed by atoms with Crippen LogP contribution in [-0.2, 0) is 4.79 Å².